The van der Waals surface area contributed by atoms with Gasteiger partial charge in [-0.15, -0.1) is 0 Å². The number of anilines is 1. The van der Waals surface area contributed by atoms with Crippen molar-refractivity contribution in [3.05, 3.63) is 83.3 Å². The van der Waals surface area contributed by atoms with Gasteiger partial charge in [0.15, 0.2) is 0 Å². The Morgan fingerprint density at radius 3 is 2.56 bits per heavy atom. The fourth-order valence-electron chi connectivity index (χ4n) is 4.03. The van der Waals surface area contributed by atoms with Crippen molar-refractivity contribution in [3.8, 4) is 11.5 Å². The van der Waals surface area contributed by atoms with Gasteiger partial charge in [0, 0.05) is 17.3 Å². The number of nitrogens with zero attached hydrogens (tertiary/aromatic N) is 1. The molecule has 1 N–H and O–H groups in total. The van der Waals surface area contributed by atoms with Gasteiger partial charge in [0.05, 0.1) is 25.1 Å². The third-order valence-corrected chi connectivity index (χ3v) is 5.57. The van der Waals surface area contributed by atoms with E-state index in [0.29, 0.717) is 41.7 Å². The summed E-state index contributed by atoms with van der Waals surface area (Å²) in [4.78, 5) is 27.7. The van der Waals surface area contributed by atoms with Crippen LogP contribution in [0, 0.1) is 6.92 Å². The van der Waals surface area contributed by atoms with Crippen molar-refractivity contribution in [1.82, 2.24) is 0 Å². The van der Waals surface area contributed by atoms with Gasteiger partial charge in [0.2, 0.25) is 0 Å². The number of furan rings is 1. The van der Waals surface area contributed by atoms with Gasteiger partial charge in [0.25, 0.3) is 11.7 Å². The first-order chi connectivity index (χ1) is 16.5. The van der Waals surface area contributed by atoms with Crippen LogP contribution in [0.3, 0.4) is 0 Å². The lowest BCUT2D eigenvalue weighted by molar-refractivity contribution is -0.132. The van der Waals surface area contributed by atoms with E-state index in [-0.39, 0.29) is 11.3 Å². The standard InChI is InChI=1S/C27H27NO6/c1-4-13-33-21-12-11-18(15-17(21)3)25(29)23-24(22-10-7-14-34-22)28(27(31)26(23)30)19-8-6-9-20(16-19)32-5-2/h6-12,14-16,24,29H,4-5,13H2,1-3H3/b25-23-. The van der Waals surface area contributed by atoms with Crippen molar-refractivity contribution in [2.24, 2.45) is 0 Å². The van der Waals surface area contributed by atoms with Gasteiger partial charge < -0.3 is 19.0 Å². The fraction of sp³-hybridized carbons (Fsp3) is 0.259. The highest BCUT2D eigenvalue weighted by atomic mass is 16.5. The molecule has 34 heavy (non-hydrogen) atoms. The monoisotopic (exact) mass is 461 g/mol. The Balaban J connectivity index is 1.82. The Bertz CT molecular complexity index is 1230. The maximum atomic E-state index is 13.2. The lowest BCUT2D eigenvalue weighted by Gasteiger charge is -2.23. The van der Waals surface area contributed by atoms with Crippen molar-refractivity contribution in [2.75, 3.05) is 18.1 Å². The molecule has 7 heteroatoms. The third-order valence-electron chi connectivity index (χ3n) is 5.57. The number of ether oxygens (including phenoxy) is 2. The summed E-state index contributed by atoms with van der Waals surface area (Å²) < 4.78 is 16.9. The Kier molecular flexibility index (Phi) is 6.72. The van der Waals surface area contributed by atoms with E-state index < -0.39 is 17.7 Å². The van der Waals surface area contributed by atoms with Crippen molar-refractivity contribution in [3.63, 3.8) is 0 Å². The molecule has 2 heterocycles. The van der Waals surface area contributed by atoms with Crippen molar-refractivity contribution >= 4 is 23.1 Å². The van der Waals surface area contributed by atoms with Crippen LogP contribution in [0.15, 0.2) is 70.9 Å². The summed E-state index contributed by atoms with van der Waals surface area (Å²) in [6.07, 6.45) is 2.34. The number of carbonyl (C=O) groups is 2. The number of rotatable bonds is 8. The third kappa shape index (κ3) is 4.29. The van der Waals surface area contributed by atoms with Crippen LogP contribution in [0.4, 0.5) is 5.69 Å². The molecule has 1 aromatic heterocycles. The molecule has 176 valence electrons. The zero-order valence-electron chi connectivity index (χ0n) is 19.4. The number of amides is 1. The van der Waals surface area contributed by atoms with Crippen LogP contribution >= 0.6 is 0 Å². The predicted molar refractivity (Wildman–Crippen MR) is 128 cm³/mol. The van der Waals surface area contributed by atoms with Gasteiger partial charge in [0.1, 0.15) is 29.1 Å². The summed E-state index contributed by atoms with van der Waals surface area (Å²) in [6, 6.07) is 14.5. The van der Waals surface area contributed by atoms with E-state index in [1.54, 1.807) is 54.6 Å². The van der Waals surface area contributed by atoms with E-state index in [4.69, 9.17) is 13.9 Å². The molecule has 1 atom stereocenters. The van der Waals surface area contributed by atoms with Gasteiger partial charge >= 0.3 is 0 Å². The lowest BCUT2D eigenvalue weighted by atomic mass is 9.98. The van der Waals surface area contributed by atoms with E-state index in [1.807, 2.05) is 20.8 Å². The van der Waals surface area contributed by atoms with Gasteiger partial charge in [-0.05, 0) is 68.3 Å². The van der Waals surface area contributed by atoms with E-state index in [2.05, 4.69) is 0 Å². The molecule has 1 unspecified atom stereocenters. The quantitative estimate of drug-likeness (QED) is 0.274. The van der Waals surface area contributed by atoms with Crippen LogP contribution in [0.2, 0.25) is 0 Å². The second-order valence-corrected chi connectivity index (χ2v) is 7.94. The molecule has 1 amide bonds. The normalized spacial score (nSPS) is 17.3. The first-order valence-electron chi connectivity index (χ1n) is 11.3. The van der Waals surface area contributed by atoms with E-state index in [0.717, 1.165) is 12.0 Å². The highest BCUT2D eigenvalue weighted by Gasteiger charge is 2.48. The fourth-order valence-corrected chi connectivity index (χ4v) is 4.03. The van der Waals surface area contributed by atoms with Crippen molar-refractivity contribution in [1.29, 1.82) is 0 Å². The van der Waals surface area contributed by atoms with Crippen LogP contribution in [0.1, 0.15) is 43.2 Å². The molecule has 1 fully saturated rings. The van der Waals surface area contributed by atoms with Crippen LogP contribution in [0.5, 0.6) is 11.5 Å². The number of aryl methyl sites for hydroxylation is 1. The number of hydrogen-bond donors (Lipinski definition) is 1. The van der Waals surface area contributed by atoms with E-state index in [1.165, 1.54) is 11.2 Å². The molecule has 1 saturated heterocycles. The van der Waals surface area contributed by atoms with Crippen LogP contribution in [-0.4, -0.2) is 30.0 Å². The lowest BCUT2D eigenvalue weighted by Crippen LogP contribution is -2.29. The molecule has 2 aromatic carbocycles. The first-order valence-corrected chi connectivity index (χ1v) is 11.3. The molecular formula is C27H27NO6. The summed E-state index contributed by atoms with van der Waals surface area (Å²) in [5.74, 6) is -0.177. The van der Waals surface area contributed by atoms with Crippen LogP contribution in [0.25, 0.3) is 5.76 Å². The molecule has 1 aliphatic rings. The Hall–Kier alpha value is -4.00. The van der Waals surface area contributed by atoms with Gasteiger partial charge in [-0.25, -0.2) is 0 Å². The number of hydrogen-bond acceptors (Lipinski definition) is 6. The van der Waals surface area contributed by atoms with Crippen LogP contribution < -0.4 is 14.4 Å². The predicted octanol–water partition coefficient (Wildman–Crippen LogP) is 5.40. The summed E-state index contributed by atoms with van der Waals surface area (Å²) in [5.41, 5.74) is 1.65. The molecule has 1 aliphatic heterocycles. The highest BCUT2D eigenvalue weighted by molar-refractivity contribution is 6.51. The minimum atomic E-state index is -0.928. The molecule has 0 bridgehead atoms. The van der Waals surface area contributed by atoms with Gasteiger partial charge in [-0.2, -0.15) is 0 Å². The largest absolute Gasteiger partial charge is 0.507 e. The first kappa shape index (κ1) is 23.2. The number of Topliss-reactive ketones (excluding diaryl/α,β-unsaturated/α-hetero) is 1. The Morgan fingerprint density at radius 2 is 1.88 bits per heavy atom. The minimum absolute atomic E-state index is 0.0385. The maximum Gasteiger partial charge on any atom is 0.300 e. The number of aliphatic hydroxyl groups is 1. The minimum Gasteiger partial charge on any atom is -0.507 e. The Morgan fingerprint density at radius 1 is 1.06 bits per heavy atom. The second-order valence-electron chi connectivity index (χ2n) is 7.94. The molecule has 0 aliphatic carbocycles. The van der Waals surface area contributed by atoms with E-state index in [9.17, 15) is 14.7 Å². The van der Waals surface area contributed by atoms with Gasteiger partial charge in [-0.3, -0.25) is 14.5 Å². The molecule has 0 saturated carbocycles. The second kappa shape index (κ2) is 9.87. The summed E-state index contributed by atoms with van der Waals surface area (Å²) in [5, 5.41) is 11.2. The summed E-state index contributed by atoms with van der Waals surface area (Å²) in [6.45, 7) is 6.79. The molecule has 0 radical (unpaired) electrons. The smallest absolute Gasteiger partial charge is 0.300 e. The molecular weight excluding hydrogens is 434 g/mol. The van der Waals surface area contributed by atoms with Crippen molar-refractivity contribution < 1.29 is 28.6 Å². The summed E-state index contributed by atoms with van der Waals surface area (Å²) >= 11 is 0. The van der Waals surface area contributed by atoms with E-state index >= 15 is 0 Å². The molecule has 0 spiro atoms. The Labute approximate surface area is 198 Å². The van der Waals surface area contributed by atoms with Crippen LogP contribution in [-0.2, 0) is 9.59 Å². The molecule has 4 rings (SSSR count). The zero-order valence-corrected chi connectivity index (χ0v) is 19.4. The zero-order chi connectivity index (χ0) is 24.2. The average Bonchev–Trinajstić information content (AvgIpc) is 3.45. The number of aliphatic hydroxyl groups excluding tert-OH is 1. The summed E-state index contributed by atoms with van der Waals surface area (Å²) in [7, 11) is 0. The SMILES string of the molecule is CCCOc1ccc(/C(O)=C2/C(=O)C(=O)N(c3cccc(OCC)c3)C2c2ccco2)cc1C. The highest BCUT2D eigenvalue weighted by Crippen LogP contribution is 2.43. The van der Waals surface area contributed by atoms with Crippen molar-refractivity contribution in [2.45, 2.75) is 33.2 Å². The van der Waals surface area contributed by atoms with Gasteiger partial charge in [-0.1, -0.05) is 13.0 Å². The topological polar surface area (TPSA) is 89.2 Å². The average molecular weight is 462 g/mol. The maximum absolute atomic E-state index is 13.2. The number of ketones is 1. The number of carbonyl (C=O) groups excluding carboxylic acids is 2. The number of benzene rings is 2. The molecule has 3 aromatic rings. The molecule has 7 nitrogen and oxygen atoms in total.